The molecular formula is C12H15N3O5. The lowest BCUT2D eigenvalue weighted by molar-refractivity contribution is -0.384. The maximum atomic E-state index is 11.5. The van der Waals surface area contributed by atoms with Gasteiger partial charge in [-0.15, -0.1) is 0 Å². The molecule has 0 spiro atoms. The second kappa shape index (κ2) is 6.50. The SMILES string of the molecule is CNC(=O)c1ccc([N+](=O)[O-])c(NC(C)CC(=O)O)c1. The van der Waals surface area contributed by atoms with Gasteiger partial charge in [-0.25, -0.2) is 0 Å². The van der Waals surface area contributed by atoms with Gasteiger partial charge in [-0.1, -0.05) is 0 Å². The van der Waals surface area contributed by atoms with Gasteiger partial charge < -0.3 is 15.7 Å². The molecule has 0 fully saturated rings. The third-order valence-corrected chi connectivity index (χ3v) is 2.57. The van der Waals surface area contributed by atoms with Crippen LogP contribution in [-0.4, -0.2) is 35.0 Å². The number of amides is 1. The molecule has 0 bridgehead atoms. The predicted octanol–water partition coefficient (Wildman–Crippen LogP) is 1.23. The second-order valence-electron chi connectivity index (χ2n) is 4.21. The molecule has 1 aromatic rings. The number of carboxylic acid groups (broad SMARTS) is 1. The molecule has 0 radical (unpaired) electrons. The molecule has 0 aliphatic heterocycles. The lowest BCUT2D eigenvalue weighted by Crippen LogP contribution is -2.21. The number of nitrogens with zero attached hydrogens (tertiary/aromatic N) is 1. The average molecular weight is 281 g/mol. The number of carbonyl (C=O) groups excluding carboxylic acids is 1. The standard InChI is InChI=1S/C12H15N3O5/c1-7(5-11(16)17)14-9-6-8(12(18)13-2)3-4-10(9)15(19)20/h3-4,6-7,14H,5H2,1-2H3,(H,13,18)(H,16,17). The molecule has 108 valence electrons. The third-order valence-electron chi connectivity index (χ3n) is 2.57. The van der Waals surface area contributed by atoms with E-state index in [-0.39, 0.29) is 29.3 Å². The average Bonchev–Trinajstić information content (AvgIpc) is 2.36. The molecule has 1 rings (SSSR count). The van der Waals surface area contributed by atoms with Gasteiger partial charge in [-0.05, 0) is 19.1 Å². The van der Waals surface area contributed by atoms with Crippen LogP contribution in [0.1, 0.15) is 23.7 Å². The maximum Gasteiger partial charge on any atom is 0.305 e. The van der Waals surface area contributed by atoms with Crippen molar-refractivity contribution in [2.75, 3.05) is 12.4 Å². The van der Waals surface area contributed by atoms with Crippen LogP contribution in [0.4, 0.5) is 11.4 Å². The Labute approximate surface area is 114 Å². The Balaban J connectivity index is 3.08. The number of aliphatic carboxylic acids is 1. The zero-order valence-corrected chi connectivity index (χ0v) is 11.0. The van der Waals surface area contributed by atoms with E-state index < -0.39 is 16.9 Å². The summed E-state index contributed by atoms with van der Waals surface area (Å²) in [5.74, 6) is -1.40. The Kier molecular flexibility index (Phi) is 5.01. The highest BCUT2D eigenvalue weighted by atomic mass is 16.6. The molecule has 1 aromatic carbocycles. The van der Waals surface area contributed by atoms with E-state index in [1.54, 1.807) is 6.92 Å². The summed E-state index contributed by atoms with van der Waals surface area (Å²) in [6.45, 7) is 1.59. The lowest BCUT2D eigenvalue weighted by Gasteiger charge is -2.14. The fourth-order valence-corrected chi connectivity index (χ4v) is 1.67. The molecule has 0 saturated carbocycles. The zero-order valence-electron chi connectivity index (χ0n) is 11.0. The van der Waals surface area contributed by atoms with Crippen molar-refractivity contribution in [3.63, 3.8) is 0 Å². The molecule has 3 N–H and O–H groups in total. The van der Waals surface area contributed by atoms with Crippen molar-refractivity contribution in [1.82, 2.24) is 5.32 Å². The summed E-state index contributed by atoms with van der Waals surface area (Å²) in [4.78, 5) is 32.4. The minimum Gasteiger partial charge on any atom is -0.481 e. The van der Waals surface area contributed by atoms with Crippen LogP contribution < -0.4 is 10.6 Å². The van der Waals surface area contributed by atoms with Crippen LogP contribution in [0.25, 0.3) is 0 Å². The number of carbonyl (C=O) groups is 2. The van der Waals surface area contributed by atoms with E-state index in [2.05, 4.69) is 10.6 Å². The summed E-state index contributed by atoms with van der Waals surface area (Å²) in [5, 5.41) is 24.8. The van der Waals surface area contributed by atoms with Crippen molar-refractivity contribution >= 4 is 23.3 Å². The first-order valence-electron chi connectivity index (χ1n) is 5.84. The van der Waals surface area contributed by atoms with Gasteiger partial charge in [0.1, 0.15) is 5.69 Å². The molecule has 0 saturated heterocycles. The van der Waals surface area contributed by atoms with Crippen molar-refractivity contribution in [1.29, 1.82) is 0 Å². The Morgan fingerprint density at radius 3 is 2.60 bits per heavy atom. The molecule has 0 aromatic heterocycles. The number of rotatable bonds is 6. The summed E-state index contributed by atoms with van der Waals surface area (Å²) in [6, 6.07) is 3.37. The maximum absolute atomic E-state index is 11.5. The van der Waals surface area contributed by atoms with E-state index in [1.165, 1.54) is 25.2 Å². The van der Waals surface area contributed by atoms with Crippen LogP contribution >= 0.6 is 0 Å². The van der Waals surface area contributed by atoms with Crippen LogP contribution in [0.2, 0.25) is 0 Å². The molecule has 20 heavy (non-hydrogen) atoms. The van der Waals surface area contributed by atoms with E-state index in [0.717, 1.165) is 0 Å². The van der Waals surface area contributed by atoms with Crippen molar-refractivity contribution in [3.05, 3.63) is 33.9 Å². The number of anilines is 1. The van der Waals surface area contributed by atoms with E-state index in [1.807, 2.05) is 0 Å². The van der Waals surface area contributed by atoms with Crippen molar-refractivity contribution in [2.24, 2.45) is 0 Å². The van der Waals surface area contributed by atoms with E-state index in [4.69, 9.17) is 5.11 Å². The highest BCUT2D eigenvalue weighted by Gasteiger charge is 2.18. The van der Waals surface area contributed by atoms with E-state index >= 15 is 0 Å². The summed E-state index contributed by atoms with van der Waals surface area (Å²) in [6.07, 6.45) is -0.193. The third kappa shape index (κ3) is 3.94. The first-order valence-corrected chi connectivity index (χ1v) is 5.84. The molecule has 0 aliphatic carbocycles. The van der Waals surface area contributed by atoms with Crippen LogP contribution in [0, 0.1) is 10.1 Å². The van der Waals surface area contributed by atoms with E-state index in [0.29, 0.717) is 0 Å². The fourth-order valence-electron chi connectivity index (χ4n) is 1.67. The fraction of sp³-hybridized carbons (Fsp3) is 0.333. The molecule has 1 atom stereocenters. The number of hydrogen-bond donors (Lipinski definition) is 3. The Hall–Kier alpha value is -2.64. The predicted molar refractivity (Wildman–Crippen MR) is 71.8 cm³/mol. The topological polar surface area (TPSA) is 122 Å². The minimum absolute atomic E-state index is 0.116. The van der Waals surface area contributed by atoms with E-state index in [9.17, 15) is 19.7 Å². The number of nitro groups is 1. The van der Waals surface area contributed by atoms with Gasteiger partial charge in [-0.3, -0.25) is 19.7 Å². The van der Waals surface area contributed by atoms with Crippen LogP contribution in [0.15, 0.2) is 18.2 Å². The van der Waals surface area contributed by atoms with Crippen molar-refractivity contribution in [3.8, 4) is 0 Å². The Morgan fingerprint density at radius 1 is 1.45 bits per heavy atom. The number of benzene rings is 1. The van der Waals surface area contributed by atoms with Gasteiger partial charge in [0.2, 0.25) is 0 Å². The Morgan fingerprint density at radius 2 is 2.10 bits per heavy atom. The molecule has 0 aliphatic rings. The summed E-state index contributed by atoms with van der Waals surface area (Å²) in [5.41, 5.74) is 0.155. The van der Waals surface area contributed by atoms with Crippen LogP contribution in [0.3, 0.4) is 0 Å². The molecular weight excluding hydrogens is 266 g/mol. The number of nitro benzene ring substituents is 1. The lowest BCUT2D eigenvalue weighted by atomic mass is 10.1. The largest absolute Gasteiger partial charge is 0.481 e. The second-order valence-corrected chi connectivity index (χ2v) is 4.21. The molecule has 8 nitrogen and oxygen atoms in total. The number of nitrogens with one attached hydrogen (secondary N) is 2. The smallest absolute Gasteiger partial charge is 0.305 e. The highest BCUT2D eigenvalue weighted by Crippen LogP contribution is 2.26. The summed E-state index contributed by atoms with van der Waals surface area (Å²) >= 11 is 0. The zero-order chi connectivity index (χ0) is 15.3. The number of hydrogen-bond acceptors (Lipinski definition) is 5. The molecule has 1 amide bonds. The van der Waals surface area contributed by atoms with Gasteiger partial charge in [0.25, 0.3) is 11.6 Å². The Bertz CT molecular complexity index is 544. The quantitative estimate of drug-likeness (QED) is 0.532. The van der Waals surface area contributed by atoms with Gasteiger partial charge >= 0.3 is 5.97 Å². The van der Waals surface area contributed by atoms with Crippen LogP contribution in [0.5, 0.6) is 0 Å². The van der Waals surface area contributed by atoms with Crippen molar-refractivity contribution in [2.45, 2.75) is 19.4 Å². The first-order chi connectivity index (χ1) is 9.35. The van der Waals surface area contributed by atoms with Crippen LogP contribution in [-0.2, 0) is 4.79 Å². The summed E-state index contributed by atoms with van der Waals surface area (Å²) in [7, 11) is 1.45. The minimum atomic E-state index is -1.02. The molecule has 8 heteroatoms. The molecule has 1 unspecified atom stereocenters. The van der Waals surface area contributed by atoms with Gasteiger partial charge in [0, 0.05) is 24.7 Å². The first kappa shape index (κ1) is 15.4. The number of carboxylic acids is 1. The van der Waals surface area contributed by atoms with Gasteiger partial charge in [0.05, 0.1) is 11.3 Å². The van der Waals surface area contributed by atoms with Gasteiger partial charge in [-0.2, -0.15) is 0 Å². The van der Waals surface area contributed by atoms with Gasteiger partial charge in [0.15, 0.2) is 0 Å². The monoisotopic (exact) mass is 281 g/mol. The highest BCUT2D eigenvalue weighted by molar-refractivity contribution is 5.95. The van der Waals surface area contributed by atoms with Crippen molar-refractivity contribution < 1.29 is 19.6 Å². The normalized spacial score (nSPS) is 11.5. The molecule has 0 heterocycles. The summed E-state index contributed by atoms with van der Waals surface area (Å²) < 4.78 is 0.